The molecule has 3 N–H and O–H groups in total. The van der Waals surface area contributed by atoms with Crippen molar-refractivity contribution in [3.8, 4) is 0 Å². The SMILES string of the molecule is CCN[C@@H](C)C(=O)N[C@H](C(=O)N1Cc2ccccc2[C@H]1C(=O)Nc1c(Cl)cccc1Cl)C(C)C.Cl. The van der Waals surface area contributed by atoms with Crippen LogP contribution in [0.15, 0.2) is 42.5 Å². The van der Waals surface area contributed by atoms with E-state index in [1.165, 1.54) is 4.90 Å². The van der Waals surface area contributed by atoms with E-state index in [1.807, 2.05) is 45.0 Å². The first-order valence-corrected chi connectivity index (χ1v) is 12.1. The van der Waals surface area contributed by atoms with Gasteiger partial charge in [-0.1, -0.05) is 74.3 Å². The van der Waals surface area contributed by atoms with E-state index < -0.39 is 24.0 Å². The van der Waals surface area contributed by atoms with Gasteiger partial charge in [0.25, 0.3) is 5.91 Å². The molecule has 190 valence electrons. The van der Waals surface area contributed by atoms with Crippen LogP contribution in [0.3, 0.4) is 0 Å². The molecular formula is C25H31Cl3N4O3. The summed E-state index contributed by atoms with van der Waals surface area (Å²) in [6.07, 6.45) is 0. The Hall–Kier alpha value is -2.32. The number of carbonyl (C=O) groups is 3. The van der Waals surface area contributed by atoms with Gasteiger partial charge in [-0.3, -0.25) is 14.4 Å². The van der Waals surface area contributed by atoms with Crippen LogP contribution in [-0.4, -0.2) is 41.2 Å². The summed E-state index contributed by atoms with van der Waals surface area (Å²) in [5, 5.41) is 9.31. The van der Waals surface area contributed by atoms with Gasteiger partial charge in [-0.2, -0.15) is 0 Å². The smallest absolute Gasteiger partial charge is 0.251 e. The summed E-state index contributed by atoms with van der Waals surface area (Å²) < 4.78 is 0. The number of halogens is 3. The van der Waals surface area contributed by atoms with E-state index in [0.29, 0.717) is 22.3 Å². The molecule has 3 amide bonds. The lowest BCUT2D eigenvalue weighted by molar-refractivity contribution is -0.143. The summed E-state index contributed by atoms with van der Waals surface area (Å²) in [5.41, 5.74) is 1.89. The van der Waals surface area contributed by atoms with Crippen molar-refractivity contribution in [2.24, 2.45) is 5.92 Å². The highest BCUT2D eigenvalue weighted by Gasteiger charge is 2.42. The van der Waals surface area contributed by atoms with Crippen LogP contribution in [0.4, 0.5) is 5.69 Å². The van der Waals surface area contributed by atoms with Crippen LogP contribution in [0, 0.1) is 5.92 Å². The number of amides is 3. The zero-order chi connectivity index (χ0) is 25.0. The Morgan fingerprint density at radius 1 is 1.03 bits per heavy atom. The van der Waals surface area contributed by atoms with Crippen LogP contribution in [0.25, 0.3) is 0 Å². The molecule has 3 rings (SSSR count). The fourth-order valence-electron chi connectivity index (χ4n) is 4.05. The molecule has 1 aliphatic heterocycles. The lowest BCUT2D eigenvalue weighted by atomic mass is 10.0. The second-order valence-corrected chi connectivity index (χ2v) is 9.48. The summed E-state index contributed by atoms with van der Waals surface area (Å²) in [5.74, 6) is -1.21. The molecule has 35 heavy (non-hydrogen) atoms. The number of fused-ring (bicyclic) bond motifs is 1. The van der Waals surface area contributed by atoms with Crippen molar-refractivity contribution in [1.82, 2.24) is 15.5 Å². The summed E-state index contributed by atoms with van der Waals surface area (Å²) in [6, 6.07) is 10.2. The van der Waals surface area contributed by atoms with E-state index in [9.17, 15) is 14.4 Å². The molecule has 0 aromatic heterocycles. The van der Waals surface area contributed by atoms with E-state index in [4.69, 9.17) is 23.2 Å². The Bertz CT molecular complexity index is 1060. The Balaban J connectivity index is 0.00000432. The van der Waals surface area contributed by atoms with Gasteiger partial charge in [0.05, 0.1) is 21.8 Å². The molecule has 0 spiro atoms. The predicted molar refractivity (Wildman–Crippen MR) is 142 cm³/mol. The van der Waals surface area contributed by atoms with Crippen molar-refractivity contribution in [2.75, 3.05) is 11.9 Å². The third kappa shape index (κ3) is 6.47. The minimum atomic E-state index is -0.889. The normalized spacial score (nSPS) is 16.2. The monoisotopic (exact) mass is 540 g/mol. The molecule has 10 heteroatoms. The van der Waals surface area contributed by atoms with Crippen molar-refractivity contribution >= 4 is 59.0 Å². The van der Waals surface area contributed by atoms with Crippen LogP contribution in [-0.2, 0) is 20.9 Å². The number of benzene rings is 2. The molecule has 0 radical (unpaired) electrons. The maximum absolute atomic E-state index is 13.7. The lowest BCUT2D eigenvalue weighted by Gasteiger charge is -2.31. The first kappa shape index (κ1) is 28.9. The van der Waals surface area contributed by atoms with E-state index in [-0.39, 0.29) is 36.7 Å². The summed E-state index contributed by atoms with van der Waals surface area (Å²) in [7, 11) is 0. The van der Waals surface area contributed by atoms with Gasteiger partial charge >= 0.3 is 0 Å². The zero-order valence-corrected chi connectivity index (χ0v) is 22.4. The van der Waals surface area contributed by atoms with Crippen molar-refractivity contribution in [1.29, 1.82) is 0 Å². The molecule has 3 atom stereocenters. The van der Waals surface area contributed by atoms with Crippen LogP contribution >= 0.6 is 35.6 Å². The molecule has 0 saturated carbocycles. The van der Waals surface area contributed by atoms with Gasteiger partial charge in [0.1, 0.15) is 12.1 Å². The second kappa shape index (κ2) is 12.6. The third-order valence-electron chi connectivity index (χ3n) is 5.88. The topological polar surface area (TPSA) is 90.5 Å². The molecule has 2 aromatic rings. The molecule has 7 nitrogen and oxygen atoms in total. The molecule has 0 unspecified atom stereocenters. The number of nitrogens with zero attached hydrogens (tertiary/aromatic N) is 1. The maximum atomic E-state index is 13.7. The predicted octanol–water partition coefficient (Wildman–Crippen LogP) is 4.58. The first-order chi connectivity index (χ1) is 16.1. The fraction of sp³-hybridized carbons (Fsp3) is 0.400. The number of para-hydroxylation sites is 1. The Labute approximate surface area is 222 Å². The molecule has 1 heterocycles. The van der Waals surface area contributed by atoms with Crippen molar-refractivity contribution in [2.45, 2.75) is 52.4 Å². The second-order valence-electron chi connectivity index (χ2n) is 8.66. The molecule has 0 fully saturated rings. The number of carbonyl (C=O) groups excluding carboxylic acids is 3. The molecular weight excluding hydrogens is 511 g/mol. The first-order valence-electron chi connectivity index (χ1n) is 11.3. The van der Waals surface area contributed by atoms with Gasteiger partial charge in [-0.05, 0) is 42.6 Å². The Morgan fingerprint density at radius 3 is 2.26 bits per heavy atom. The minimum Gasteiger partial charge on any atom is -0.343 e. The number of anilines is 1. The summed E-state index contributed by atoms with van der Waals surface area (Å²) in [4.78, 5) is 41.4. The number of rotatable bonds is 8. The standard InChI is InChI=1S/C25H30Cl2N4O3.ClH/c1-5-28-15(4)23(32)29-20(14(2)3)25(34)31-13-16-9-6-7-10-17(16)22(31)24(33)30-21-18(26)11-8-12-19(21)27;/h6-12,14-15,20,22,28H,5,13H2,1-4H3,(H,29,32)(H,30,33);1H/t15-,20-,22-;/m0./s1. The minimum absolute atomic E-state index is 0. The van der Waals surface area contributed by atoms with Crippen molar-refractivity contribution in [3.05, 3.63) is 63.6 Å². The summed E-state index contributed by atoms with van der Waals surface area (Å²) in [6.45, 7) is 8.26. The highest BCUT2D eigenvalue weighted by Crippen LogP contribution is 2.37. The lowest BCUT2D eigenvalue weighted by Crippen LogP contribution is -2.55. The van der Waals surface area contributed by atoms with Crippen molar-refractivity contribution in [3.63, 3.8) is 0 Å². The van der Waals surface area contributed by atoms with Crippen LogP contribution < -0.4 is 16.0 Å². The highest BCUT2D eigenvalue weighted by molar-refractivity contribution is 6.39. The molecule has 0 aliphatic carbocycles. The molecule has 2 aromatic carbocycles. The number of nitrogens with one attached hydrogen (secondary N) is 3. The fourth-order valence-corrected chi connectivity index (χ4v) is 4.55. The van der Waals surface area contributed by atoms with Gasteiger partial charge in [-0.25, -0.2) is 0 Å². The third-order valence-corrected chi connectivity index (χ3v) is 6.51. The number of likely N-dealkylation sites (N-methyl/N-ethyl adjacent to an activating group) is 1. The van der Waals surface area contributed by atoms with E-state index in [1.54, 1.807) is 25.1 Å². The van der Waals surface area contributed by atoms with Gasteiger partial charge in [0, 0.05) is 6.54 Å². The Morgan fingerprint density at radius 2 is 1.66 bits per heavy atom. The summed E-state index contributed by atoms with van der Waals surface area (Å²) >= 11 is 12.5. The maximum Gasteiger partial charge on any atom is 0.251 e. The van der Waals surface area contributed by atoms with Crippen LogP contribution in [0.1, 0.15) is 44.9 Å². The van der Waals surface area contributed by atoms with Crippen LogP contribution in [0.2, 0.25) is 10.0 Å². The van der Waals surface area contributed by atoms with Gasteiger partial charge in [0.15, 0.2) is 0 Å². The largest absolute Gasteiger partial charge is 0.343 e. The number of hydrogen-bond donors (Lipinski definition) is 3. The van der Waals surface area contributed by atoms with Crippen molar-refractivity contribution < 1.29 is 14.4 Å². The molecule has 0 bridgehead atoms. The van der Waals surface area contributed by atoms with Crippen LogP contribution in [0.5, 0.6) is 0 Å². The average Bonchev–Trinajstić information content (AvgIpc) is 3.19. The Kier molecular flexibility index (Phi) is 10.4. The molecule has 1 aliphatic rings. The van der Waals surface area contributed by atoms with Gasteiger partial charge in [-0.15, -0.1) is 12.4 Å². The van der Waals surface area contributed by atoms with Gasteiger partial charge in [0.2, 0.25) is 11.8 Å². The van der Waals surface area contributed by atoms with E-state index in [2.05, 4.69) is 16.0 Å². The highest BCUT2D eigenvalue weighted by atomic mass is 35.5. The quantitative estimate of drug-likeness (QED) is 0.456. The molecule has 0 saturated heterocycles. The average molecular weight is 542 g/mol. The van der Waals surface area contributed by atoms with E-state index in [0.717, 1.165) is 11.1 Å². The zero-order valence-electron chi connectivity index (χ0n) is 20.1. The van der Waals surface area contributed by atoms with Gasteiger partial charge < -0.3 is 20.9 Å². The number of hydrogen-bond acceptors (Lipinski definition) is 4. The van der Waals surface area contributed by atoms with E-state index >= 15 is 0 Å².